The Labute approximate surface area is 77.2 Å². The van der Waals surface area contributed by atoms with Gasteiger partial charge in [0.25, 0.3) is 0 Å². The van der Waals surface area contributed by atoms with Crippen molar-refractivity contribution in [3.8, 4) is 0 Å². The fourth-order valence-corrected chi connectivity index (χ4v) is 1.58. The van der Waals surface area contributed by atoms with Crippen LogP contribution in [0.4, 0.5) is 0 Å². The average Bonchev–Trinajstić information content (AvgIpc) is 2.43. The van der Waals surface area contributed by atoms with Crippen molar-refractivity contribution >= 4 is 10.9 Å². The second-order valence-electron chi connectivity index (χ2n) is 3.37. The minimum Gasteiger partial charge on any atom is -0.324 e. The Hall–Kier alpha value is -1.35. The van der Waals surface area contributed by atoms with Crippen LogP contribution in [-0.2, 0) is 7.05 Å². The van der Waals surface area contributed by atoms with Crippen LogP contribution < -0.4 is 5.73 Å². The van der Waals surface area contributed by atoms with E-state index in [1.165, 1.54) is 0 Å². The molecule has 1 aromatic carbocycles. The molecule has 1 heterocycles. The summed E-state index contributed by atoms with van der Waals surface area (Å²) < 4.78 is 1.82. The number of nitrogens with two attached hydrogens (primary N) is 1. The van der Waals surface area contributed by atoms with Crippen LogP contribution in [0.15, 0.2) is 24.4 Å². The summed E-state index contributed by atoms with van der Waals surface area (Å²) in [7, 11) is 1.92. The largest absolute Gasteiger partial charge is 0.324 e. The SMILES string of the molecule is C[C@H](N)c1cccc2nn(C)cc12. The third-order valence-corrected chi connectivity index (χ3v) is 2.19. The van der Waals surface area contributed by atoms with E-state index in [-0.39, 0.29) is 6.04 Å². The minimum absolute atomic E-state index is 0.0629. The fraction of sp³-hybridized carbons (Fsp3) is 0.300. The molecule has 3 heteroatoms. The predicted molar refractivity (Wildman–Crippen MR) is 53.3 cm³/mol. The van der Waals surface area contributed by atoms with Crippen molar-refractivity contribution in [3.63, 3.8) is 0 Å². The molecule has 2 rings (SSSR count). The van der Waals surface area contributed by atoms with Gasteiger partial charge in [0.2, 0.25) is 0 Å². The molecule has 0 amide bonds. The highest BCUT2D eigenvalue weighted by molar-refractivity contribution is 5.82. The lowest BCUT2D eigenvalue weighted by Crippen LogP contribution is -2.04. The summed E-state index contributed by atoms with van der Waals surface area (Å²) in [5.41, 5.74) is 8.02. The van der Waals surface area contributed by atoms with Gasteiger partial charge in [0, 0.05) is 24.7 Å². The molecule has 0 radical (unpaired) electrons. The van der Waals surface area contributed by atoms with Crippen molar-refractivity contribution in [2.45, 2.75) is 13.0 Å². The molecule has 0 saturated carbocycles. The Morgan fingerprint density at radius 1 is 1.46 bits per heavy atom. The molecule has 0 spiro atoms. The van der Waals surface area contributed by atoms with Gasteiger partial charge < -0.3 is 5.73 Å². The molecule has 3 nitrogen and oxygen atoms in total. The van der Waals surface area contributed by atoms with E-state index >= 15 is 0 Å². The zero-order valence-corrected chi connectivity index (χ0v) is 7.86. The minimum atomic E-state index is 0.0629. The number of benzene rings is 1. The number of fused-ring (bicyclic) bond motifs is 1. The molecule has 0 unspecified atom stereocenters. The van der Waals surface area contributed by atoms with Crippen LogP contribution in [0, 0.1) is 0 Å². The maximum Gasteiger partial charge on any atom is 0.0926 e. The summed E-state index contributed by atoms with van der Waals surface area (Å²) >= 11 is 0. The average molecular weight is 175 g/mol. The van der Waals surface area contributed by atoms with Gasteiger partial charge in [-0.15, -0.1) is 0 Å². The lowest BCUT2D eigenvalue weighted by atomic mass is 10.1. The second kappa shape index (κ2) is 2.85. The van der Waals surface area contributed by atoms with E-state index < -0.39 is 0 Å². The van der Waals surface area contributed by atoms with Crippen molar-refractivity contribution in [2.24, 2.45) is 12.8 Å². The highest BCUT2D eigenvalue weighted by atomic mass is 15.2. The van der Waals surface area contributed by atoms with Gasteiger partial charge in [-0.3, -0.25) is 4.68 Å². The Bertz CT molecular complexity index is 429. The first-order valence-electron chi connectivity index (χ1n) is 4.36. The summed E-state index contributed by atoms with van der Waals surface area (Å²) in [6, 6.07) is 6.11. The molecule has 13 heavy (non-hydrogen) atoms. The molecule has 0 aliphatic carbocycles. The summed E-state index contributed by atoms with van der Waals surface area (Å²) in [4.78, 5) is 0. The summed E-state index contributed by atoms with van der Waals surface area (Å²) in [5.74, 6) is 0. The van der Waals surface area contributed by atoms with Crippen molar-refractivity contribution in [1.82, 2.24) is 9.78 Å². The maximum absolute atomic E-state index is 5.85. The number of hydrogen-bond acceptors (Lipinski definition) is 2. The van der Waals surface area contributed by atoms with E-state index in [1.54, 1.807) is 0 Å². The van der Waals surface area contributed by atoms with E-state index in [0.717, 1.165) is 16.5 Å². The molecule has 0 bridgehead atoms. The van der Waals surface area contributed by atoms with E-state index in [4.69, 9.17) is 5.73 Å². The van der Waals surface area contributed by atoms with Crippen molar-refractivity contribution in [2.75, 3.05) is 0 Å². The molecular weight excluding hydrogens is 162 g/mol. The van der Waals surface area contributed by atoms with Gasteiger partial charge in [-0.05, 0) is 18.6 Å². The smallest absolute Gasteiger partial charge is 0.0926 e. The van der Waals surface area contributed by atoms with Crippen LogP contribution in [0.25, 0.3) is 10.9 Å². The molecule has 0 fully saturated rings. The summed E-state index contributed by atoms with van der Waals surface area (Å²) in [6.07, 6.45) is 2.01. The van der Waals surface area contributed by atoms with Gasteiger partial charge in [-0.1, -0.05) is 12.1 Å². The molecule has 2 N–H and O–H groups in total. The Kier molecular flexibility index (Phi) is 1.81. The van der Waals surface area contributed by atoms with E-state index in [1.807, 2.05) is 37.0 Å². The topological polar surface area (TPSA) is 43.8 Å². The number of aromatic nitrogens is 2. The van der Waals surface area contributed by atoms with Gasteiger partial charge in [0.15, 0.2) is 0 Å². The highest BCUT2D eigenvalue weighted by Gasteiger charge is 2.06. The third-order valence-electron chi connectivity index (χ3n) is 2.19. The molecular formula is C10H13N3. The normalized spacial score (nSPS) is 13.5. The van der Waals surface area contributed by atoms with Crippen LogP contribution in [0.1, 0.15) is 18.5 Å². The van der Waals surface area contributed by atoms with E-state index in [9.17, 15) is 0 Å². The predicted octanol–water partition coefficient (Wildman–Crippen LogP) is 1.59. The lowest BCUT2D eigenvalue weighted by Gasteiger charge is -2.05. The van der Waals surface area contributed by atoms with Crippen molar-refractivity contribution in [3.05, 3.63) is 30.0 Å². The monoisotopic (exact) mass is 175 g/mol. The van der Waals surface area contributed by atoms with Gasteiger partial charge in [-0.25, -0.2) is 0 Å². The zero-order chi connectivity index (χ0) is 9.42. The zero-order valence-electron chi connectivity index (χ0n) is 7.86. The Balaban J connectivity index is 2.75. The Morgan fingerprint density at radius 3 is 2.92 bits per heavy atom. The second-order valence-corrected chi connectivity index (χ2v) is 3.37. The fourth-order valence-electron chi connectivity index (χ4n) is 1.58. The Morgan fingerprint density at radius 2 is 2.23 bits per heavy atom. The van der Waals surface area contributed by atoms with Gasteiger partial charge >= 0.3 is 0 Å². The van der Waals surface area contributed by atoms with Crippen LogP contribution in [0.5, 0.6) is 0 Å². The molecule has 0 aliphatic heterocycles. The number of aryl methyl sites for hydroxylation is 1. The summed E-state index contributed by atoms with van der Waals surface area (Å²) in [5, 5.41) is 5.47. The van der Waals surface area contributed by atoms with Gasteiger partial charge in [-0.2, -0.15) is 5.10 Å². The quantitative estimate of drug-likeness (QED) is 0.715. The molecule has 1 atom stereocenters. The third kappa shape index (κ3) is 1.31. The number of rotatable bonds is 1. The van der Waals surface area contributed by atoms with Gasteiger partial charge in [0.1, 0.15) is 0 Å². The van der Waals surface area contributed by atoms with Crippen LogP contribution in [0.2, 0.25) is 0 Å². The molecule has 1 aromatic heterocycles. The lowest BCUT2D eigenvalue weighted by molar-refractivity contribution is 0.779. The first-order chi connectivity index (χ1) is 6.18. The van der Waals surface area contributed by atoms with Crippen LogP contribution >= 0.6 is 0 Å². The first kappa shape index (κ1) is 8.26. The molecule has 68 valence electrons. The van der Waals surface area contributed by atoms with Gasteiger partial charge in [0.05, 0.1) is 5.52 Å². The van der Waals surface area contributed by atoms with Crippen LogP contribution in [0.3, 0.4) is 0 Å². The molecule has 0 aliphatic rings. The van der Waals surface area contributed by atoms with Crippen LogP contribution in [-0.4, -0.2) is 9.78 Å². The number of hydrogen-bond donors (Lipinski definition) is 1. The maximum atomic E-state index is 5.85. The highest BCUT2D eigenvalue weighted by Crippen LogP contribution is 2.21. The molecule has 2 aromatic rings. The molecule has 0 saturated heterocycles. The standard InChI is InChI=1S/C10H13N3/c1-7(11)8-4-3-5-10-9(8)6-13(2)12-10/h3-7H,11H2,1-2H3/t7-/m0/s1. The number of nitrogens with zero attached hydrogens (tertiary/aromatic N) is 2. The van der Waals surface area contributed by atoms with Crippen molar-refractivity contribution < 1.29 is 0 Å². The summed E-state index contributed by atoms with van der Waals surface area (Å²) in [6.45, 7) is 1.99. The first-order valence-corrected chi connectivity index (χ1v) is 4.36. The van der Waals surface area contributed by atoms with Crippen molar-refractivity contribution in [1.29, 1.82) is 0 Å². The van der Waals surface area contributed by atoms with E-state index in [0.29, 0.717) is 0 Å². The van der Waals surface area contributed by atoms with E-state index in [2.05, 4.69) is 11.2 Å².